The number of piperidine rings is 1. The van der Waals surface area contributed by atoms with Crippen molar-refractivity contribution in [2.24, 2.45) is 0 Å². The number of aromatic nitrogens is 1. The van der Waals surface area contributed by atoms with Crippen molar-refractivity contribution >= 4 is 17.7 Å². The average molecular weight is 450 g/mol. The van der Waals surface area contributed by atoms with Crippen LogP contribution in [-0.4, -0.2) is 52.3 Å². The maximum atomic E-state index is 13.5. The van der Waals surface area contributed by atoms with Crippen LogP contribution >= 0.6 is 0 Å². The van der Waals surface area contributed by atoms with Gasteiger partial charge in [0.1, 0.15) is 17.6 Å². The number of esters is 1. The zero-order chi connectivity index (χ0) is 23.2. The van der Waals surface area contributed by atoms with Gasteiger partial charge in [-0.25, -0.2) is 9.78 Å². The van der Waals surface area contributed by atoms with E-state index < -0.39 is 11.2 Å². The molecule has 33 heavy (non-hydrogen) atoms. The third-order valence-electron chi connectivity index (χ3n) is 6.78. The molecule has 0 unspecified atom stereocenters. The molecule has 1 amide bonds. The van der Waals surface area contributed by atoms with Gasteiger partial charge in [-0.2, -0.15) is 0 Å². The number of ether oxygens (including phenoxy) is 2. The van der Waals surface area contributed by atoms with Crippen LogP contribution in [0.4, 0.5) is 5.82 Å². The number of fused-ring (bicyclic) bond motifs is 1. The number of anilines is 1. The number of carbonyl (C=O) groups excluding carboxylic acids is 2. The number of amides is 1. The van der Waals surface area contributed by atoms with Crippen LogP contribution < -0.4 is 4.90 Å². The number of carbonyl (C=O) groups is 2. The SMILES string of the molecule is CC(C)(C)OC(=O)c1ccc(N2CCC3(CC2)O[C@@H]2CC[C@@H](c4ccccc4)N2C3=O)nc1. The van der Waals surface area contributed by atoms with Gasteiger partial charge in [0.25, 0.3) is 5.91 Å². The summed E-state index contributed by atoms with van der Waals surface area (Å²) >= 11 is 0. The minimum atomic E-state index is -0.731. The maximum absolute atomic E-state index is 13.5. The number of nitrogens with zero attached hydrogens (tertiary/aromatic N) is 3. The Hall–Kier alpha value is -2.93. The molecule has 3 aliphatic rings. The van der Waals surface area contributed by atoms with Crippen LogP contribution in [-0.2, 0) is 14.3 Å². The third kappa shape index (κ3) is 4.10. The molecule has 0 bridgehead atoms. The van der Waals surface area contributed by atoms with Gasteiger partial charge >= 0.3 is 5.97 Å². The number of hydrogen-bond donors (Lipinski definition) is 0. The molecule has 5 rings (SSSR count). The van der Waals surface area contributed by atoms with Crippen LogP contribution in [0.15, 0.2) is 48.7 Å². The lowest BCUT2D eigenvalue weighted by Gasteiger charge is -2.38. The zero-order valence-electron chi connectivity index (χ0n) is 19.5. The lowest BCUT2D eigenvalue weighted by atomic mass is 9.89. The van der Waals surface area contributed by atoms with Crippen molar-refractivity contribution in [2.45, 2.75) is 69.9 Å². The fourth-order valence-electron chi connectivity index (χ4n) is 5.18. The molecule has 0 saturated carbocycles. The lowest BCUT2D eigenvalue weighted by molar-refractivity contribution is -0.140. The number of pyridine rings is 1. The summed E-state index contributed by atoms with van der Waals surface area (Å²) in [5.41, 5.74) is 0.341. The zero-order valence-corrected chi connectivity index (χ0v) is 19.5. The molecule has 3 saturated heterocycles. The normalized spacial score (nSPS) is 24.3. The van der Waals surface area contributed by atoms with E-state index in [1.165, 1.54) is 5.56 Å². The summed E-state index contributed by atoms with van der Waals surface area (Å²) in [6, 6.07) is 13.9. The first-order chi connectivity index (χ1) is 15.8. The van der Waals surface area contributed by atoms with E-state index in [-0.39, 0.29) is 24.1 Å². The van der Waals surface area contributed by atoms with Gasteiger partial charge in [-0.1, -0.05) is 30.3 Å². The minimum absolute atomic E-state index is 0.100. The van der Waals surface area contributed by atoms with Gasteiger partial charge in [0.15, 0.2) is 5.60 Å². The molecule has 0 N–H and O–H groups in total. The molecule has 2 atom stereocenters. The van der Waals surface area contributed by atoms with Crippen molar-refractivity contribution in [1.82, 2.24) is 9.88 Å². The number of hydrogen-bond acceptors (Lipinski definition) is 6. The first-order valence-corrected chi connectivity index (χ1v) is 11.8. The van der Waals surface area contributed by atoms with Crippen LogP contribution in [0.5, 0.6) is 0 Å². The first kappa shape index (κ1) is 21.9. The molecule has 7 nitrogen and oxygen atoms in total. The Balaban J connectivity index is 1.24. The van der Waals surface area contributed by atoms with Crippen LogP contribution in [0.2, 0.25) is 0 Å². The van der Waals surface area contributed by atoms with Crippen molar-refractivity contribution < 1.29 is 19.1 Å². The fourth-order valence-corrected chi connectivity index (χ4v) is 5.18. The van der Waals surface area contributed by atoms with E-state index in [9.17, 15) is 9.59 Å². The van der Waals surface area contributed by atoms with Crippen molar-refractivity contribution in [3.63, 3.8) is 0 Å². The summed E-state index contributed by atoms with van der Waals surface area (Å²) in [6.45, 7) is 6.89. The molecule has 1 spiro atoms. The molecule has 7 heteroatoms. The second-order valence-corrected chi connectivity index (χ2v) is 10.2. The molecule has 4 heterocycles. The second-order valence-electron chi connectivity index (χ2n) is 10.2. The van der Waals surface area contributed by atoms with Gasteiger partial charge in [-0.15, -0.1) is 0 Å². The number of rotatable bonds is 3. The molecular formula is C26H31N3O4. The van der Waals surface area contributed by atoms with Crippen LogP contribution in [0, 0.1) is 0 Å². The summed E-state index contributed by atoms with van der Waals surface area (Å²) in [5.74, 6) is 0.551. The molecule has 3 aliphatic heterocycles. The fraction of sp³-hybridized carbons (Fsp3) is 0.500. The van der Waals surface area contributed by atoms with Crippen LogP contribution in [0.1, 0.15) is 68.4 Å². The van der Waals surface area contributed by atoms with Crippen molar-refractivity contribution in [2.75, 3.05) is 18.0 Å². The highest BCUT2D eigenvalue weighted by Gasteiger charge is 2.57. The monoisotopic (exact) mass is 449 g/mol. The van der Waals surface area contributed by atoms with E-state index in [0.717, 1.165) is 18.7 Å². The Morgan fingerprint density at radius 3 is 2.45 bits per heavy atom. The lowest BCUT2D eigenvalue weighted by Crippen LogP contribution is -2.50. The Labute approximate surface area is 194 Å². The van der Waals surface area contributed by atoms with E-state index >= 15 is 0 Å². The van der Waals surface area contributed by atoms with Gasteiger partial charge in [0.05, 0.1) is 11.6 Å². The highest BCUT2D eigenvalue weighted by atomic mass is 16.6. The van der Waals surface area contributed by atoms with E-state index in [1.54, 1.807) is 12.3 Å². The average Bonchev–Trinajstić information content (AvgIpc) is 3.32. The Kier molecular flexibility index (Phi) is 5.40. The van der Waals surface area contributed by atoms with E-state index in [2.05, 4.69) is 22.0 Å². The quantitative estimate of drug-likeness (QED) is 0.657. The molecule has 174 valence electrons. The van der Waals surface area contributed by atoms with E-state index in [1.807, 2.05) is 49.9 Å². The molecular weight excluding hydrogens is 418 g/mol. The minimum Gasteiger partial charge on any atom is -0.456 e. The summed E-state index contributed by atoms with van der Waals surface area (Å²) < 4.78 is 11.8. The summed E-state index contributed by atoms with van der Waals surface area (Å²) in [5, 5.41) is 0. The molecule has 0 radical (unpaired) electrons. The standard InChI is InChI=1S/C26H31N3O4/c1-25(2,3)33-23(30)19-9-11-21(27-17-19)28-15-13-26(14-16-28)24(31)29-20(10-12-22(29)32-26)18-7-5-4-6-8-18/h4-9,11,17,20,22H,10,12-16H2,1-3H3/t20-,22+/m0/s1. The highest BCUT2D eigenvalue weighted by Crippen LogP contribution is 2.47. The Morgan fingerprint density at radius 2 is 1.82 bits per heavy atom. The van der Waals surface area contributed by atoms with E-state index in [0.29, 0.717) is 31.5 Å². The predicted molar refractivity (Wildman–Crippen MR) is 124 cm³/mol. The molecule has 1 aromatic heterocycles. The molecule has 3 fully saturated rings. The van der Waals surface area contributed by atoms with Crippen LogP contribution in [0.3, 0.4) is 0 Å². The third-order valence-corrected chi connectivity index (χ3v) is 6.78. The highest BCUT2D eigenvalue weighted by molar-refractivity contribution is 5.90. The first-order valence-electron chi connectivity index (χ1n) is 11.8. The van der Waals surface area contributed by atoms with Crippen molar-refractivity contribution in [3.05, 3.63) is 59.8 Å². The Morgan fingerprint density at radius 1 is 1.09 bits per heavy atom. The van der Waals surface area contributed by atoms with Gasteiger partial charge in [-0.05, 0) is 51.3 Å². The van der Waals surface area contributed by atoms with Gasteiger partial charge < -0.3 is 19.3 Å². The maximum Gasteiger partial charge on any atom is 0.340 e. The van der Waals surface area contributed by atoms with Gasteiger partial charge in [0, 0.05) is 32.1 Å². The predicted octanol–water partition coefficient (Wildman–Crippen LogP) is 4.10. The van der Waals surface area contributed by atoms with Crippen molar-refractivity contribution in [1.29, 1.82) is 0 Å². The summed E-state index contributed by atoms with van der Waals surface area (Å²) in [7, 11) is 0. The van der Waals surface area contributed by atoms with Crippen molar-refractivity contribution in [3.8, 4) is 0 Å². The van der Waals surface area contributed by atoms with Crippen LogP contribution in [0.25, 0.3) is 0 Å². The van der Waals surface area contributed by atoms with Gasteiger partial charge in [-0.3, -0.25) is 4.79 Å². The van der Waals surface area contributed by atoms with Gasteiger partial charge in [0.2, 0.25) is 0 Å². The second kappa shape index (κ2) is 8.13. The smallest absolute Gasteiger partial charge is 0.340 e. The number of benzene rings is 1. The molecule has 2 aromatic rings. The molecule has 0 aliphatic carbocycles. The summed E-state index contributed by atoms with van der Waals surface area (Å²) in [4.78, 5) is 34.4. The Bertz CT molecular complexity index is 1020. The summed E-state index contributed by atoms with van der Waals surface area (Å²) in [6.07, 6.45) is 4.53. The van der Waals surface area contributed by atoms with E-state index in [4.69, 9.17) is 9.47 Å². The largest absolute Gasteiger partial charge is 0.456 e. The topological polar surface area (TPSA) is 72.0 Å². The molecule has 1 aromatic carbocycles.